The Morgan fingerprint density at radius 3 is 1.06 bits per heavy atom. The lowest BCUT2D eigenvalue weighted by Gasteiger charge is -2.10. The van der Waals surface area contributed by atoms with Crippen LogP contribution in [0.1, 0.15) is 120 Å². The van der Waals surface area contributed by atoms with Crippen LogP contribution in [0.5, 0.6) is 23.0 Å². The summed E-state index contributed by atoms with van der Waals surface area (Å²) in [6.07, 6.45) is 12.7. The molecule has 0 bridgehead atoms. The average Bonchev–Trinajstić information content (AvgIpc) is 1.67. The minimum absolute atomic E-state index is 0.165. The number of aromatic nitrogens is 15. The van der Waals surface area contributed by atoms with E-state index in [2.05, 4.69) is 98.8 Å². The first-order valence-corrected chi connectivity index (χ1v) is 44.5. The average molecular weight is 1860 g/mol. The van der Waals surface area contributed by atoms with Gasteiger partial charge in [0.1, 0.15) is 34.4 Å². The number of benzene rings is 8. The van der Waals surface area contributed by atoms with Gasteiger partial charge in [-0.05, 0) is 143 Å². The Morgan fingerprint density at radius 1 is 0.348 bits per heavy atom. The fraction of sp³-hybridized carbons (Fsp3) is 0.275. The van der Waals surface area contributed by atoms with Crippen molar-refractivity contribution in [3.63, 3.8) is 0 Å². The van der Waals surface area contributed by atoms with Gasteiger partial charge in [0.05, 0.1) is 44.0 Å². The van der Waals surface area contributed by atoms with Crippen LogP contribution >= 0.6 is 11.3 Å². The highest BCUT2D eigenvalue weighted by Gasteiger charge is 2.29. The maximum atomic E-state index is 9.73. The van der Waals surface area contributed by atoms with Crippen LogP contribution in [0.2, 0.25) is 0 Å². The standard InChI is InChI=1S/C20H19BN4O4.C20H18BN3O4S.C15H21BN2O4.C13H17BN2O4.C12H15BN2O3.C11H13BN2O3/c1-25-13-22-12-18(25)20-24-23-19(29-20)16-11-15(7-8-17(16)21(26)27)28-10-9-14-5-3-2-4-6-14;1-13-22-18(12-29-13)20-24-23-19(28-20)16-11-15(7-8-17(16)21(25)26)27-10-9-14-5-3-2-4-6-14;1-3-5-9-21-11-7-8-13(16(19)20)12(10-11)15-18-17-14(22-15)6-4-2;1-3-4-7-19-10-5-6-12(14(17)18)11(8-10)13-16-15-9(2)20-13;1-8(2)7-11-14-15-12(18-11)9-5-3-4-6-10(9)13(16)17;1-2-5-10-13-14-11(17-10)8-6-3-4-7-9(8)12(15)16/h2-8,11-13,26-27H,9-10H2,1H3;2-8,11-12,25-26H,9-10H2,1H3;7-8,10,19-20H,3-6,9H2,1-2H3;5-6,8,17-18H,3-4,7H2,1-2H3;3-6,8,16-17H,7H2,1-2H3;3-4,6-7,15-16H,2,5H2,1H3. The Kier molecular flexibility index (Phi) is 39.1. The third-order valence-electron chi connectivity index (χ3n) is 19.8. The number of imidazole rings is 1. The van der Waals surface area contributed by atoms with E-state index >= 15 is 0 Å². The summed E-state index contributed by atoms with van der Waals surface area (Å²) in [5.41, 5.74) is 8.30. The Labute approximate surface area is 783 Å². The molecule has 0 fully saturated rings. The van der Waals surface area contributed by atoms with Crippen molar-refractivity contribution in [2.45, 2.75) is 126 Å². The number of hydrogen-bond acceptors (Lipinski definition) is 37. The molecule has 0 amide bonds. The van der Waals surface area contributed by atoms with Crippen LogP contribution in [-0.4, -0.2) is 205 Å². The summed E-state index contributed by atoms with van der Waals surface area (Å²) >= 11 is 1.48. The van der Waals surface area contributed by atoms with Crippen LogP contribution in [-0.2, 0) is 39.2 Å². The molecule has 0 unspecified atom stereocenters. The van der Waals surface area contributed by atoms with Gasteiger partial charge in [-0.25, -0.2) is 9.97 Å². The summed E-state index contributed by atoms with van der Waals surface area (Å²) in [6.45, 7) is 18.1. The van der Waals surface area contributed by atoms with Gasteiger partial charge in [-0.3, -0.25) is 0 Å². The van der Waals surface area contributed by atoms with Crippen molar-refractivity contribution in [3.8, 4) is 115 Å². The summed E-state index contributed by atoms with van der Waals surface area (Å²) in [5.74, 6) is 6.95. The summed E-state index contributed by atoms with van der Waals surface area (Å²) < 4.78 is 58.1. The molecule has 0 saturated heterocycles. The van der Waals surface area contributed by atoms with Crippen LogP contribution in [0.25, 0.3) is 91.9 Å². The van der Waals surface area contributed by atoms with Crippen molar-refractivity contribution in [1.82, 2.24) is 75.7 Å². The van der Waals surface area contributed by atoms with Gasteiger partial charge in [0.15, 0.2) is 0 Å². The van der Waals surface area contributed by atoms with E-state index in [1.165, 1.54) is 22.5 Å². The molecule has 8 aromatic heterocycles. The molecule has 16 rings (SSSR count). The van der Waals surface area contributed by atoms with Crippen LogP contribution in [0, 0.1) is 19.8 Å². The van der Waals surface area contributed by atoms with Gasteiger partial charge >= 0.3 is 42.7 Å². The fourth-order valence-electron chi connectivity index (χ4n) is 13.0. The second-order valence-electron chi connectivity index (χ2n) is 30.7. The van der Waals surface area contributed by atoms with Crippen molar-refractivity contribution < 1.29 is 106 Å². The monoisotopic (exact) mass is 1860 g/mol. The molecule has 37 nitrogen and oxygen atoms in total. The molecule has 0 saturated carbocycles. The number of thiazole rings is 1. The molecule has 0 aliphatic carbocycles. The predicted octanol–water partition coefficient (Wildman–Crippen LogP) is 7.34. The zero-order valence-electron chi connectivity index (χ0n) is 75.8. The molecule has 16 aromatic rings. The Balaban J connectivity index is 0.000000158. The second kappa shape index (κ2) is 51.7. The first kappa shape index (κ1) is 102. The molecule has 8 heterocycles. The first-order chi connectivity index (χ1) is 65.3. The summed E-state index contributed by atoms with van der Waals surface area (Å²) in [7, 11) is -7.87. The molecule has 0 aliphatic heterocycles. The molecule has 698 valence electrons. The molecular weight excluding hydrogens is 1750 g/mol. The van der Waals surface area contributed by atoms with Gasteiger partial charge in [0.25, 0.3) is 11.8 Å². The third-order valence-corrected chi connectivity index (χ3v) is 20.5. The van der Waals surface area contributed by atoms with E-state index in [9.17, 15) is 60.3 Å². The van der Waals surface area contributed by atoms with E-state index in [0.717, 1.165) is 62.8 Å². The van der Waals surface area contributed by atoms with Crippen LogP contribution in [0.15, 0.2) is 226 Å². The van der Waals surface area contributed by atoms with Crippen molar-refractivity contribution in [2.24, 2.45) is 13.0 Å². The smallest absolute Gasteiger partial charge is 0.489 e. The van der Waals surface area contributed by atoms with E-state index in [1.54, 1.807) is 145 Å². The van der Waals surface area contributed by atoms with Crippen LogP contribution in [0.4, 0.5) is 0 Å². The predicted molar refractivity (Wildman–Crippen MR) is 509 cm³/mol. The van der Waals surface area contributed by atoms with Crippen molar-refractivity contribution in [3.05, 3.63) is 240 Å². The Morgan fingerprint density at radius 2 is 0.689 bits per heavy atom. The maximum absolute atomic E-state index is 9.73. The molecule has 0 radical (unpaired) electrons. The third kappa shape index (κ3) is 30.0. The lowest BCUT2D eigenvalue weighted by atomic mass is 9.77. The Bertz CT molecular complexity index is 6280. The van der Waals surface area contributed by atoms with Crippen molar-refractivity contribution in [1.29, 1.82) is 0 Å². The van der Waals surface area contributed by atoms with E-state index in [0.29, 0.717) is 170 Å². The normalized spacial score (nSPS) is 10.8. The SMILES string of the molecule is CC(C)Cc1nnc(-c2ccccc2B(O)O)o1.CCCCOc1ccc(B(O)O)c(-c2nnc(C)o2)c1.CCCCOc1ccc(B(O)O)c(-c2nnc(CCC)o2)c1.CCCc1nnc(-c2ccccc2B(O)O)o1.Cc1nc(-c2nnc(-c3cc(OCCc4ccccc4)ccc3B(O)O)o2)cs1.Cn1cncc1-c1nnc(-c2cc(OCCc3ccccc3)ccc2B(O)O)o1. The topological polar surface area (TPSA) is 544 Å². The maximum Gasteiger partial charge on any atom is 0.489 e. The zero-order valence-corrected chi connectivity index (χ0v) is 76.6. The quantitative estimate of drug-likeness (QED) is 0.0135. The molecular formula is C91H103B6N15O22S. The lowest BCUT2D eigenvalue weighted by molar-refractivity contribution is 0.309. The van der Waals surface area contributed by atoms with E-state index < -0.39 is 42.7 Å². The van der Waals surface area contributed by atoms with E-state index in [1.807, 2.05) is 93.9 Å². The summed E-state index contributed by atoms with van der Waals surface area (Å²) in [6, 6.07) is 53.6. The number of aryl methyl sites for hydroxylation is 5. The molecule has 135 heavy (non-hydrogen) atoms. The van der Waals surface area contributed by atoms with Gasteiger partial charge in [0.2, 0.25) is 58.9 Å². The molecule has 8 aromatic carbocycles. The van der Waals surface area contributed by atoms with E-state index in [-0.39, 0.29) is 46.3 Å². The molecule has 44 heteroatoms. The van der Waals surface area contributed by atoms with Gasteiger partial charge in [0, 0.05) is 84.8 Å². The number of unbranched alkanes of at least 4 members (excludes halogenated alkanes) is 2. The lowest BCUT2D eigenvalue weighted by Crippen LogP contribution is -2.31. The number of rotatable bonds is 36. The van der Waals surface area contributed by atoms with E-state index in [4.69, 9.17) is 45.5 Å². The molecule has 0 spiro atoms. The number of hydrogen-bond donors (Lipinski definition) is 12. The number of nitrogens with zero attached hydrogens (tertiary/aromatic N) is 15. The molecule has 0 aliphatic rings. The number of ether oxygens (including phenoxy) is 4. The minimum atomic E-state index is -1.68. The second-order valence-corrected chi connectivity index (χ2v) is 31.7. The largest absolute Gasteiger partial charge is 0.494 e. The highest BCUT2D eigenvalue weighted by molar-refractivity contribution is 7.09. The highest BCUT2D eigenvalue weighted by atomic mass is 32.1. The Hall–Kier alpha value is -13.5. The molecule has 12 N–H and O–H groups in total. The fourth-order valence-corrected chi connectivity index (χ4v) is 13.5. The summed E-state index contributed by atoms with van der Waals surface area (Å²) in [4.78, 5) is 8.37. The van der Waals surface area contributed by atoms with Gasteiger partial charge in [-0.2, -0.15) is 0 Å². The minimum Gasteiger partial charge on any atom is -0.494 e. The summed E-state index contributed by atoms with van der Waals surface area (Å²) in [5, 5.41) is 164. The van der Waals surface area contributed by atoms with Crippen molar-refractivity contribution in [2.75, 3.05) is 26.4 Å². The van der Waals surface area contributed by atoms with Crippen LogP contribution in [0.3, 0.4) is 0 Å². The highest BCUT2D eigenvalue weighted by Crippen LogP contribution is 2.31. The van der Waals surface area contributed by atoms with Crippen molar-refractivity contribution >= 4 is 86.8 Å². The van der Waals surface area contributed by atoms with Crippen LogP contribution < -0.4 is 51.7 Å². The zero-order chi connectivity index (χ0) is 96.3. The molecule has 0 atom stereocenters. The van der Waals surface area contributed by atoms with Gasteiger partial charge < -0.3 is 110 Å². The van der Waals surface area contributed by atoms with Gasteiger partial charge in [-0.1, -0.05) is 176 Å². The first-order valence-electron chi connectivity index (χ1n) is 43.6. The van der Waals surface area contributed by atoms with Gasteiger partial charge in [-0.15, -0.1) is 72.5 Å².